The van der Waals surface area contributed by atoms with Gasteiger partial charge < -0.3 is 9.74 Å². The third-order valence-electron chi connectivity index (χ3n) is 7.72. The molecular formula is C30H33F3N4O3Si. The molecule has 1 aliphatic rings. The van der Waals surface area contributed by atoms with Crippen molar-refractivity contribution in [1.82, 2.24) is 5.32 Å². The van der Waals surface area contributed by atoms with E-state index >= 15 is 0 Å². The number of allylic oxidation sites excluding steroid dienone is 2. The standard InChI is InChI=1S/C30H33F3N4O3Si/c1-19-26(35-5)24(21-13-11-20(18-34)12-14-21)25(27(38)36-15-16-40-41(6,7)29(2,3)4)28(39)37(19)23-10-8-9-22(17-23)30(31,32)33/h8-14,17,24-25H,15-16H2,1-4,6-7H3,(H,36,38). The summed E-state index contributed by atoms with van der Waals surface area (Å²) >= 11 is 0. The Kier molecular flexibility index (Phi) is 9.16. The van der Waals surface area contributed by atoms with Crippen molar-refractivity contribution in [1.29, 1.82) is 5.26 Å². The van der Waals surface area contributed by atoms with E-state index in [9.17, 15) is 28.0 Å². The van der Waals surface area contributed by atoms with Crippen molar-refractivity contribution in [3.63, 3.8) is 0 Å². The maximum atomic E-state index is 14.0. The van der Waals surface area contributed by atoms with E-state index in [0.717, 1.165) is 17.0 Å². The number of amides is 2. The van der Waals surface area contributed by atoms with Gasteiger partial charge >= 0.3 is 6.18 Å². The first-order valence-electron chi connectivity index (χ1n) is 13.0. The van der Waals surface area contributed by atoms with E-state index in [1.165, 1.54) is 31.2 Å². The average Bonchev–Trinajstić information content (AvgIpc) is 2.90. The quantitative estimate of drug-likeness (QED) is 0.172. The highest BCUT2D eigenvalue weighted by Crippen LogP contribution is 2.44. The molecule has 3 rings (SSSR count). The number of nitrogens with zero attached hydrogens (tertiary/aromatic N) is 3. The summed E-state index contributed by atoms with van der Waals surface area (Å²) in [5, 5.41) is 11.9. The molecule has 0 aromatic heterocycles. The summed E-state index contributed by atoms with van der Waals surface area (Å²) in [7, 11) is -2.10. The zero-order chi connectivity index (χ0) is 30.8. The van der Waals surface area contributed by atoms with Gasteiger partial charge in [-0.1, -0.05) is 39.0 Å². The second-order valence-electron chi connectivity index (χ2n) is 11.4. The van der Waals surface area contributed by atoms with Gasteiger partial charge in [-0.05, 0) is 61.0 Å². The lowest BCUT2D eigenvalue weighted by molar-refractivity contribution is -0.138. The van der Waals surface area contributed by atoms with E-state index in [-0.39, 0.29) is 35.3 Å². The fourth-order valence-corrected chi connectivity index (χ4v) is 5.47. The third kappa shape index (κ3) is 6.70. The maximum Gasteiger partial charge on any atom is 0.416 e. The molecule has 0 aliphatic carbocycles. The highest BCUT2D eigenvalue weighted by atomic mass is 28.4. The Hall–Kier alpha value is -3.93. The Labute approximate surface area is 239 Å². The Morgan fingerprint density at radius 2 is 1.80 bits per heavy atom. The summed E-state index contributed by atoms with van der Waals surface area (Å²) in [5.74, 6) is -3.88. The van der Waals surface area contributed by atoms with Crippen LogP contribution in [0.4, 0.5) is 18.9 Å². The number of halogens is 3. The van der Waals surface area contributed by atoms with Gasteiger partial charge in [0.25, 0.3) is 0 Å². The SMILES string of the molecule is [C-]#[N+]C1=C(C)N(c2cccc(C(F)(F)F)c2)C(=O)C(C(=O)NCCO[Si](C)(C)C(C)(C)C)C1c1ccc(C#N)cc1. The van der Waals surface area contributed by atoms with Crippen LogP contribution < -0.4 is 10.2 Å². The van der Waals surface area contributed by atoms with Crippen LogP contribution in [-0.2, 0) is 20.2 Å². The van der Waals surface area contributed by atoms with Crippen LogP contribution in [0.25, 0.3) is 4.85 Å². The number of anilines is 1. The second kappa shape index (κ2) is 11.9. The van der Waals surface area contributed by atoms with Crippen molar-refractivity contribution >= 4 is 25.8 Å². The van der Waals surface area contributed by atoms with Gasteiger partial charge in [-0.25, -0.2) is 4.85 Å². The molecule has 0 fully saturated rings. The normalized spacial score (nSPS) is 18.1. The van der Waals surface area contributed by atoms with E-state index in [0.29, 0.717) is 11.1 Å². The first kappa shape index (κ1) is 31.6. The number of hydrogen-bond acceptors (Lipinski definition) is 4. The lowest BCUT2D eigenvalue weighted by Gasteiger charge is -2.38. The molecule has 1 heterocycles. The Balaban J connectivity index is 2.05. The molecule has 0 radical (unpaired) electrons. The van der Waals surface area contributed by atoms with Gasteiger partial charge in [0, 0.05) is 23.8 Å². The number of hydrogen-bond donors (Lipinski definition) is 1. The number of nitrogens with one attached hydrogen (secondary N) is 1. The number of rotatable bonds is 7. The highest BCUT2D eigenvalue weighted by molar-refractivity contribution is 6.74. The minimum Gasteiger partial charge on any atom is -0.415 e. The molecule has 2 aromatic rings. The van der Waals surface area contributed by atoms with Crippen molar-refractivity contribution in [2.75, 3.05) is 18.1 Å². The molecule has 0 saturated carbocycles. The molecule has 41 heavy (non-hydrogen) atoms. The molecule has 0 bridgehead atoms. The van der Waals surface area contributed by atoms with E-state index in [4.69, 9.17) is 11.0 Å². The van der Waals surface area contributed by atoms with E-state index in [1.807, 2.05) is 6.07 Å². The smallest absolute Gasteiger partial charge is 0.415 e. The largest absolute Gasteiger partial charge is 0.416 e. The molecule has 1 aliphatic heterocycles. The minimum absolute atomic E-state index is 0.0457. The van der Waals surface area contributed by atoms with Crippen LogP contribution in [0.15, 0.2) is 59.9 Å². The molecule has 1 N–H and O–H groups in total. The lowest BCUT2D eigenvalue weighted by atomic mass is 9.78. The monoisotopic (exact) mass is 582 g/mol. The molecule has 2 aromatic carbocycles. The zero-order valence-electron chi connectivity index (χ0n) is 23.9. The van der Waals surface area contributed by atoms with Gasteiger partial charge in [-0.3, -0.25) is 14.5 Å². The molecule has 216 valence electrons. The molecule has 0 spiro atoms. The molecule has 0 saturated heterocycles. The summed E-state index contributed by atoms with van der Waals surface area (Å²) in [6.45, 7) is 20.1. The number of carbonyl (C=O) groups excluding carboxylic acids is 2. The first-order valence-corrected chi connectivity index (χ1v) is 16.0. The van der Waals surface area contributed by atoms with Gasteiger partial charge in [0.1, 0.15) is 5.92 Å². The maximum absolute atomic E-state index is 14.0. The van der Waals surface area contributed by atoms with Crippen molar-refractivity contribution in [2.45, 2.75) is 57.9 Å². The Morgan fingerprint density at radius 1 is 1.17 bits per heavy atom. The van der Waals surface area contributed by atoms with Gasteiger partial charge in [-0.2, -0.15) is 18.4 Å². The predicted octanol–water partition coefficient (Wildman–Crippen LogP) is 6.61. The number of benzene rings is 2. The topological polar surface area (TPSA) is 86.8 Å². The van der Waals surface area contributed by atoms with Crippen LogP contribution in [0.2, 0.25) is 18.1 Å². The lowest BCUT2D eigenvalue weighted by Crippen LogP contribution is -2.50. The van der Waals surface area contributed by atoms with E-state index in [1.54, 1.807) is 12.1 Å². The molecule has 7 nitrogen and oxygen atoms in total. The molecule has 2 atom stereocenters. The molecule has 11 heteroatoms. The van der Waals surface area contributed by atoms with Crippen LogP contribution in [0.1, 0.15) is 50.3 Å². The van der Waals surface area contributed by atoms with Crippen molar-refractivity contribution < 1.29 is 27.2 Å². The van der Waals surface area contributed by atoms with Crippen molar-refractivity contribution in [2.24, 2.45) is 5.92 Å². The average molecular weight is 583 g/mol. The zero-order valence-corrected chi connectivity index (χ0v) is 24.9. The summed E-state index contributed by atoms with van der Waals surface area (Å²) in [5.41, 5.74) is -0.0634. The third-order valence-corrected chi connectivity index (χ3v) is 12.3. The van der Waals surface area contributed by atoms with Crippen molar-refractivity contribution in [3.05, 3.63) is 88.0 Å². The fraction of sp³-hybridized carbons (Fsp3) is 0.400. The first-order chi connectivity index (χ1) is 19.0. The Bertz CT molecular complexity index is 1430. The van der Waals surface area contributed by atoms with E-state index < -0.39 is 43.7 Å². The minimum atomic E-state index is -4.65. The van der Waals surface area contributed by atoms with Crippen LogP contribution in [0, 0.1) is 23.8 Å². The predicted molar refractivity (Wildman–Crippen MR) is 152 cm³/mol. The van der Waals surface area contributed by atoms with Gasteiger partial charge in [0.2, 0.25) is 11.8 Å². The highest BCUT2D eigenvalue weighted by Gasteiger charge is 2.47. The number of carbonyl (C=O) groups is 2. The van der Waals surface area contributed by atoms with Gasteiger partial charge in [-0.15, -0.1) is 0 Å². The van der Waals surface area contributed by atoms with E-state index in [2.05, 4.69) is 44.0 Å². The summed E-state index contributed by atoms with van der Waals surface area (Å²) in [6.07, 6.45) is -4.65. The number of alkyl halides is 3. The molecule has 2 unspecified atom stereocenters. The van der Waals surface area contributed by atoms with Crippen LogP contribution >= 0.6 is 0 Å². The van der Waals surface area contributed by atoms with Crippen LogP contribution in [0.5, 0.6) is 0 Å². The molecular weight excluding hydrogens is 549 g/mol. The fourth-order valence-electron chi connectivity index (χ4n) is 4.42. The van der Waals surface area contributed by atoms with Crippen molar-refractivity contribution in [3.8, 4) is 6.07 Å². The van der Waals surface area contributed by atoms with Gasteiger partial charge in [0.15, 0.2) is 14.0 Å². The number of nitriles is 1. The Morgan fingerprint density at radius 3 is 2.34 bits per heavy atom. The van der Waals surface area contributed by atoms with Crippen LogP contribution in [-0.4, -0.2) is 33.3 Å². The van der Waals surface area contributed by atoms with Gasteiger partial charge in [0.05, 0.1) is 30.4 Å². The summed E-state index contributed by atoms with van der Waals surface area (Å²) < 4.78 is 46.6. The van der Waals surface area contributed by atoms with Crippen LogP contribution in [0.3, 0.4) is 0 Å². The molecule has 2 amide bonds. The summed E-state index contributed by atoms with van der Waals surface area (Å²) in [6, 6.07) is 12.4. The second-order valence-corrected chi connectivity index (χ2v) is 16.2. The summed E-state index contributed by atoms with van der Waals surface area (Å²) in [4.78, 5) is 32.3.